The van der Waals surface area contributed by atoms with E-state index in [9.17, 15) is 4.79 Å². The van der Waals surface area contributed by atoms with Gasteiger partial charge in [-0.3, -0.25) is 9.89 Å². The van der Waals surface area contributed by atoms with Crippen molar-refractivity contribution in [1.29, 1.82) is 0 Å². The molecule has 0 aliphatic rings. The summed E-state index contributed by atoms with van der Waals surface area (Å²) in [5.74, 6) is -0.231. The number of amides is 1. The van der Waals surface area contributed by atoms with Crippen LogP contribution in [0.15, 0.2) is 79.1 Å². The number of hydrogen-bond donors (Lipinski definition) is 2. The fourth-order valence-corrected chi connectivity index (χ4v) is 2.85. The molecule has 27 heavy (non-hydrogen) atoms. The predicted molar refractivity (Wildman–Crippen MR) is 101 cm³/mol. The summed E-state index contributed by atoms with van der Waals surface area (Å²) in [6.45, 7) is 0.433. The standard InChI is InChI=1S/C20H18N6O/c27-20(18-13-17(24-25-18)15-7-3-1-4-8-15)23-19(14-26-21-11-12-22-26)16-9-5-2-6-10-16/h1-13,19H,14H2,(H,23,27)(H,24,25). The lowest BCUT2D eigenvalue weighted by Crippen LogP contribution is -2.32. The van der Waals surface area contributed by atoms with Crippen LogP contribution < -0.4 is 5.32 Å². The SMILES string of the molecule is O=C(NC(Cn1nccn1)c1ccccc1)c1cc(-c2ccccc2)n[nH]1. The van der Waals surface area contributed by atoms with Crippen molar-refractivity contribution in [2.45, 2.75) is 12.6 Å². The van der Waals surface area contributed by atoms with Crippen molar-refractivity contribution >= 4 is 5.91 Å². The molecule has 2 N–H and O–H groups in total. The van der Waals surface area contributed by atoms with Crippen molar-refractivity contribution in [1.82, 2.24) is 30.5 Å². The molecule has 0 radical (unpaired) electrons. The van der Waals surface area contributed by atoms with Crippen molar-refractivity contribution in [3.8, 4) is 11.3 Å². The number of carbonyl (C=O) groups excluding carboxylic acids is 1. The number of rotatable bonds is 6. The van der Waals surface area contributed by atoms with Crippen LogP contribution in [0, 0.1) is 0 Å². The monoisotopic (exact) mass is 358 g/mol. The summed E-state index contributed by atoms with van der Waals surface area (Å²) in [5.41, 5.74) is 3.06. The first-order valence-electron chi connectivity index (χ1n) is 8.60. The van der Waals surface area contributed by atoms with Gasteiger partial charge in [-0.25, -0.2) is 0 Å². The van der Waals surface area contributed by atoms with Gasteiger partial charge in [-0.2, -0.15) is 20.1 Å². The van der Waals surface area contributed by atoms with Gasteiger partial charge in [0.15, 0.2) is 0 Å². The van der Waals surface area contributed by atoms with E-state index in [1.165, 1.54) is 0 Å². The number of nitrogens with zero attached hydrogens (tertiary/aromatic N) is 4. The molecule has 7 heteroatoms. The highest BCUT2D eigenvalue weighted by molar-refractivity contribution is 5.93. The van der Waals surface area contributed by atoms with Crippen LogP contribution in [0.5, 0.6) is 0 Å². The molecule has 0 saturated heterocycles. The van der Waals surface area contributed by atoms with Crippen molar-refractivity contribution in [2.24, 2.45) is 0 Å². The van der Waals surface area contributed by atoms with Crippen molar-refractivity contribution in [2.75, 3.05) is 0 Å². The first-order valence-corrected chi connectivity index (χ1v) is 8.60. The van der Waals surface area contributed by atoms with E-state index in [1.54, 1.807) is 23.3 Å². The third kappa shape index (κ3) is 3.92. The summed E-state index contributed by atoms with van der Waals surface area (Å²) in [7, 11) is 0. The average Bonchev–Trinajstić information content (AvgIpc) is 3.41. The van der Waals surface area contributed by atoms with E-state index < -0.39 is 0 Å². The van der Waals surface area contributed by atoms with Gasteiger partial charge in [0.05, 0.1) is 30.7 Å². The lowest BCUT2D eigenvalue weighted by molar-refractivity contribution is 0.0925. The molecule has 0 aliphatic heterocycles. The molecule has 1 amide bonds. The molecule has 0 fully saturated rings. The highest BCUT2D eigenvalue weighted by atomic mass is 16.2. The summed E-state index contributed by atoms with van der Waals surface area (Å²) < 4.78 is 0. The number of aromatic amines is 1. The zero-order valence-electron chi connectivity index (χ0n) is 14.5. The van der Waals surface area contributed by atoms with E-state index >= 15 is 0 Å². The summed E-state index contributed by atoms with van der Waals surface area (Å²) >= 11 is 0. The lowest BCUT2D eigenvalue weighted by atomic mass is 10.1. The Kier molecular flexibility index (Phi) is 4.74. The smallest absolute Gasteiger partial charge is 0.269 e. The molecule has 134 valence electrons. The molecule has 2 aromatic heterocycles. The van der Waals surface area contributed by atoms with Crippen LogP contribution in [0.3, 0.4) is 0 Å². The van der Waals surface area contributed by atoms with Gasteiger partial charge in [0.25, 0.3) is 5.91 Å². The van der Waals surface area contributed by atoms with Crippen LogP contribution in [0.4, 0.5) is 0 Å². The Labute approximate surface area is 156 Å². The third-order valence-corrected chi connectivity index (χ3v) is 4.21. The lowest BCUT2D eigenvalue weighted by Gasteiger charge is -2.18. The maximum atomic E-state index is 12.8. The Morgan fingerprint density at radius 3 is 2.37 bits per heavy atom. The molecule has 0 spiro atoms. The maximum Gasteiger partial charge on any atom is 0.269 e. The second kappa shape index (κ2) is 7.65. The maximum absolute atomic E-state index is 12.8. The number of benzene rings is 2. The number of hydrogen-bond acceptors (Lipinski definition) is 4. The minimum Gasteiger partial charge on any atom is -0.342 e. The zero-order chi connectivity index (χ0) is 18.5. The highest BCUT2D eigenvalue weighted by Crippen LogP contribution is 2.18. The molecule has 1 unspecified atom stereocenters. The van der Waals surface area contributed by atoms with Crippen LogP contribution in [-0.2, 0) is 6.54 Å². The Balaban J connectivity index is 1.54. The molecule has 4 aromatic rings. The molecule has 0 aliphatic carbocycles. The first-order chi connectivity index (χ1) is 13.3. The van der Waals surface area contributed by atoms with Crippen LogP contribution in [0.1, 0.15) is 22.1 Å². The van der Waals surface area contributed by atoms with Gasteiger partial charge in [-0.15, -0.1) is 0 Å². The molecule has 0 saturated carbocycles. The number of carbonyl (C=O) groups is 1. The summed E-state index contributed by atoms with van der Waals surface area (Å²) in [5, 5.41) is 18.4. The topological polar surface area (TPSA) is 88.5 Å². The second-order valence-electron chi connectivity index (χ2n) is 6.05. The highest BCUT2D eigenvalue weighted by Gasteiger charge is 2.19. The van der Waals surface area contributed by atoms with E-state index in [2.05, 4.69) is 25.7 Å². The molecule has 2 heterocycles. The number of aromatic nitrogens is 5. The van der Waals surface area contributed by atoms with Gasteiger partial charge in [0.2, 0.25) is 0 Å². The van der Waals surface area contributed by atoms with Gasteiger partial charge in [-0.05, 0) is 11.6 Å². The third-order valence-electron chi connectivity index (χ3n) is 4.21. The predicted octanol–water partition coefficient (Wildman–Crippen LogP) is 2.84. The molecule has 7 nitrogen and oxygen atoms in total. The molecule has 1 atom stereocenters. The van der Waals surface area contributed by atoms with Crippen LogP contribution in [0.2, 0.25) is 0 Å². The quantitative estimate of drug-likeness (QED) is 0.555. The van der Waals surface area contributed by atoms with E-state index in [0.717, 1.165) is 16.8 Å². The Morgan fingerprint density at radius 2 is 1.67 bits per heavy atom. The van der Waals surface area contributed by atoms with Crippen LogP contribution in [-0.4, -0.2) is 31.1 Å². The fraction of sp³-hybridized carbons (Fsp3) is 0.100. The average molecular weight is 358 g/mol. The number of nitrogens with one attached hydrogen (secondary N) is 2. The normalized spacial score (nSPS) is 11.9. The van der Waals surface area contributed by atoms with Gasteiger partial charge in [0, 0.05) is 5.56 Å². The fourth-order valence-electron chi connectivity index (χ4n) is 2.85. The van der Waals surface area contributed by atoms with Gasteiger partial charge in [0.1, 0.15) is 5.69 Å². The van der Waals surface area contributed by atoms with E-state index in [1.807, 2.05) is 60.7 Å². The summed E-state index contributed by atoms with van der Waals surface area (Å²) in [6, 6.07) is 21.0. The van der Waals surface area contributed by atoms with E-state index in [-0.39, 0.29) is 11.9 Å². The summed E-state index contributed by atoms with van der Waals surface area (Å²) in [6.07, 6.45) is 3.23. The minimum atomic E-state index is -0.269. The van der Waals surface area contributed by atoms with Gasteiger partial charge >= 0.3 is 0 Å². The second-order valence-corrected chi connectivity index (χ2v) is 6.05. The van der Waals surface area contributed by atoms with Crippen molar-refractivity contribution in [3.05, 3.63) is 90.4 Å². The van der Waals surface area contributed by atoms with Crippen molar-refractivity contribution in [3.63, 3.8) is 0 Å². The molecule has 0 bridgehead atoms. The first kappa shape index (κ1) is 16.7. The Bertz CT molecular complexity index is 995. The molecule has 4 rings (SSSR count). The van der Waals surface area contributed by atoms with Crippen molar-refractivity contribution < 1.29 is 4.79 Å². The van der Waals surface area contributed by atoms with Gasteiger partial charge < -0.3 is 5.32 Å². The van der Waals surface area contributed by atoms with Crippen LogP contribution in [0.25, 0.3) is 11.3 Å². The van der Waals surface area contributed by atoms with Crippen LogP contribution >= 0.6 is 0 Å². The van der Waals surface area contributed by atoms with E-state index in [4.69, 9.17) is 0 Å². The zero-order valence-corrected chi connectivity index (χ0v) is 14.5. The largest absolute Gasteiger partial charge is 0.342 e. The molecular weight excluding hydrogens is 340 g/mol. The van der Waals surface area contributed by atoms with Gasteiger partial charge in [-0.1, -0.05) is 60.7 Å². The minimum absolute atomic E-state index is 0.231. The Morgan fingerprint density at radius 1 is 1.00 bits per heavy atom. The molecule has 2 aromatic carbocycles. The Hall–Kier alpha value is -3.74. The molecular formula is C20H18N6O. The van der Waals surface area contributed by atoms with E-state index in [0.29, 0.717) is 12.2 Å². The summed E-state index contributed by atoms with van der Waals surface area (Å²) in [4.78, 5) is 14.3. The number of H-pyrrole nitrogens is 1.